The third-order valence-corrected chi connectivity index (χ3v) is 4.70. The number of rotatable bonds is 4. The quantitative estimate of drug-likeness (QED) is 0.902. The van der Waals surface area contributed by atoms with Crippen LogP contribution < -0.4 is 5.73 Å². The maximum Gasteiger partial charge on any atom is 0.134 e. The molecule has 1 heterocycles. The SMILES string of the molecule is CCOC1(C(N)c2cc3cc(C)ccc3o2)CCCCC1. The third-order valence-electron chi connectivity index (χ3n) is 4.70. The van der Waals surface area contributed by atoms with Crippen LogP contribution in [0.1, 0.15) is 56.4 Å². The van der Waals surface area contributed by atoms with E-state index in [2.05, 4.69) is 25.1 Å². The average molecular weight is 287 g/mol. The van der Waals surface area contributed by atoms with Gasteiger partial charge < -0.3 is 14.9 Å². The Morgan fingerprint density at radius 2 is 2.00 bits per heavy atom. The van der Waals surface area contributed by atoms with Gasteiger partial charge in [-0.25, -0.2) is 0 Å². The second-order valence-corrected chi connectivity index (χ2v) is 6.23. The van der Waals surface area contributed by atoms with Crippen molar-refractivity contribution in [2.24, 2.45) is 5.73 Å². The average Bonchev–Trinajstić information content (AvgIpc) is 2.90. The Balaban J connectivity index is 1.95. The lowest BCUT2D eigenvalue weighted by molar-refractivity contribution is -0.0864. The Labute approximate surface area is 126 Å². The van der Waals surface area contributed by atoms with Gasteiger partial charge in [0.15, 0.2) is 0 Å². The summed E-state index contributed by atoms with van der Waals surface area (Å²) in [5, 5.41) is 1.13. The topological polar surface area (TPSA) is 48.4 Å². The molecule has 0 aliphatic heterocycles. The number of fused-ring (bicyclic) bond motifs is 1. The molecule has 2 N–H and O–H groups in total. The molecule has 2 aromatic rings. The molecule has 1 aliphatic rings. The zero-order chi connectivity index (χ0) is 14.9. The molecule has 21 heavy (non-hydrogen) atoms. The van der Waals surface area contributed by atoms with Gasteiger partial charge in [-0.1, -0.05) is 30.9 Å². The van der Waals surface area contributed by atoms with Crippen LogP contribution in [0.3, 0.4) is 0 Å². The Morgan fingerprint density at radius 1 is 1.24 bits per heavy atom. The first-order valence-electron chi connectivity index (χ1n) is 8.04. The van der Waals surface area contributed by atoms with E-state index in [1.165, 1.54) is 24.8 Å². The van der Waals surface area contributed by atoms with Gasteiger partial charge in [0.05, 0.1) is 11.6 Å². The zero-order valence-electron chi connectivity index (χ0n) is 13.0. The largest absolute Gasteiger partial charge is 0.459 e. The predicted octanol–water partition coefficient (Wildman–Crippen LogP) is 4.48. The molecule has 0 saturated heterocycles. The fourth-order valence-corrected chi connectivity index (χ4v) is 3.58. The van der Waals surface area contributed by atoms with E-state index in [0.717, 1.165) is 29.6 Å². The van der Waals surface area contributed by atoms with E-state index in [1.807, 2.05) is 13.0 Å². The lowest BCUT2D eigenvalue weighted by atomic mass is 9.78. The molecule has 3 rings (SSSR count). The van der Waals surface area contributed by atoms with Gasteiger partial charge in [0, 0.05) is 12.0 Å². The molecular formula is C18H25NO2. The highest BCUT2D eigenvalue weighted by Gasteiger charge is 2.41. The number of furan rings is 1. The van der Waals surface area contributed by atoms with Gasteiger partial charge in [0.25, 0.3) is 0 Å². The van der Waals surface area contributed by atoms with Crippen LogP contribution in [0.5, 0.6) is 0 Å². The van der Waals surface area contributed by atoms with E-state index < -0.39 is 0 Å². The van der Waals surface area contributed by atoms with Gasteiger partial charge in [0.2, 0.25) is 0 Å². The fourth-order valence-electron chi connectivity index (χ4n) is 3.58. The first kappa shape index (κ1) is 14.6. The first-order chi connectivity index (χ1) is 10.1. The molecule has 1 unspecified atom stereocenters. The van der Waals surface area contributed by atoms with Crippen molar-refractivity contribution in [3.63, 3.8) is 0 Å². The van der Waals surface area contributed by atoms with Crippen LogP contribution in [0, 0.1) is 6.92 Å². The van der Waals surface area contributed by atoms with Crippen molar-refractivity contribution in [3.05, 3.63) is 35.6 Å². The molecular weight excluding hydrogens is 262 g/mol. The Hall–Kier alpha value is -1.32. The standard InChI is InChI=1S/C18H25NO2/c1-3-20-18(9-5-4-6-10-18)17(19)16-12-14-11-13(2)7-8-15(14)21-16/h7-8,11-12,17H,3-6,9-10,19H2,1-2H3. The second-order valence-electron chi connectivity index (χ2n) is 6.23. The lowest BCUT2D eigenvalue weighted by Crippen LogP contribution is -2.45. The first-order valence-corrected chi connectivity index (χ1v) is 8.04. The summed E-state index contributed by atoms with van der Waals surface area (Å²) in [6, 6.07) is 8.13. The van der Waals surface area contributed by atoms with Crippen molar-refractivity contribution in [1.29, 1.82) is 0 Å². The molecule has 1 aliphatic carbocycles. The minimum atomic E-state index is -0.254. The van der Waals surface area contributed by atoms with Crippen molar-refractivity contribution in [1.82, 2.24) is 0 Å². The number of benzene rings is 1. The monoisotopic (exact) mass is 287 g/mol. The highest BCUT2D eigenvalue weighted by Crippen LogP contribution is 2.41. The number of nitrogens with two attached hydrogens (primary N) is 1. The lowest BCUT2D eigenvalue weighted by Gasteiger charge is -2.40. The van der Waals surface area contributed by atoms with Crippen LogP contribution in [0.4, 0.5) is 0 Å². The minimum absolute atomic E-state index is 0.189. The maximum atomic E-state index is 6.57. The van der Waals surface area contributed by atoms with E-state index >= 15 is 0 Å². The Bertz CT molecular complexity index is 605. The molecule has 0 spiro atoms. The molecule has 3 heteroatoms. The highest BCUT2D eigenvalue weighted by atomic mass is 16.5. The number of ether oxygens (including phenoxy) is 1. The van der Waals surface area contributed by atoms with Gasteiger partial charge in [-0.2, -0.15) is 0 Å². The smallest absolute Gasteiger partial charge is 0.134 e. The van der Waals surface area contributed by atoms with Gasteiger partial charge >= 0.3 is 0 Å². The summed E-state index contributed by atoms with van der Waals surface area (Å²) in [5.41, 5.74) is 8.47. The normalized spacial score (nSPS) is 19.8. The third kappa shape index (κ3) is 2.72. The molecule has 3 nitrogen and oxygen atoms in total. The summed E-state index contributed by atoms with van der Waals surface area (Å²) in [5.74, 6) is 0.853. The summed E-state index contributed by atoms with van der Waals surface area (Å²) in [4.78, 5) is 0. The van der Waals surface area contributed by atoms with Crippen LogP contribution >= 0.6 is 0 Å². The molecule has 1 fully saturated rings. The maximum absolute atomic E-state index is 6.57. The van der Waals surface area contributed by atoms with Gasteiger partial charge in [0.1, 0.15) is 11.3 Å². The zero-order valence-corrected chi connectivity index (χ0v) is 13.0. The minimum Gasteiger partial charge on any atom is -0.459 e. The molecule has 0 amide bonds. The van der Waals surface area contributed by atoms with Crippen LogP contribution in [-0.4, -0.2) is 12.2 Å². The van der Waals surface area contributed by atoms with E-state index in [9.17, 15) is 0 Å². The molecule has 1 aromatic heterocycles. The van der Waals surface area contributed by atoms with Crippen LogP contribution in [-0.2, 0) is 4.74 Å². The van der Waals surface area contributed by atoms with Crippen molar-refractivity contribution >= 4 is 11.0 Å². The molecule has 0 bridgehead atoms. The number of hydrogen-bond donors (Lipinski definition) is 1. The number of aryl methyl sites for hydroxylation is 1. The van der Waals surface area contributed by atoms with Crippen LogP contribution in [0.2, 0.25) is 0 Å². The fraction of sp³-hybridized carbons (Fsp3) is 0.556. The summed E-state index contributed by atoms with van der Waals surface area (Å²) < 4.78 is 12.1. The van der Waals surface area contributed by atoms with E-state index in [4.69, 9.17) is 14.9 Å². The predicted molar refractivity (Wildman–Crippen MR) is 85.3 cm³/mol. The van der Waals surface area contributed by atoms with Gasteiger partial charge in [-0.15, -0.1) is 0 Å². The summed E-state index contributed by atoms with van der Waals surface area (Å²) >= 11 is 0. The highest BCUT2D eigenvalue weighted by molar-refractivity contribution is 5.78. The van der Waals surface area contributed by atoms with Crippen molar-refractivity contribution < 1.29 is 9.15 Å². The van der Waals surface area contributed by atoms with E-state index in [0.29, 0.717) is 6.61 Å². The molecule has 1 atom stereocenters. The van der Waals surface area contributed by atoms with Crippen LogP contribution in [0.25, 0.3) is 11.0 Å². The Kier molecular flexibility index (Phi) is 4.05. The second kappa shape index (κ2) is 5.82. The molecule has 1 aromatic carbocycles. The van der Waals surface area contributed by atoms with Crippen LogP contribution in [0.15, 0.2) is 28.7 Å². The molecule has 1 saturated carbocycles. The Morgan fingerprint density at radius 3 is 2.71 bits per heavy atom. The molecule has 0 radical (unpaired) electrons. The van der Waals surface area contributed by atoms with E-state index in [-0.39, 0.29) is 11.6 Å². The van der Waals surface area contributed by atoms with Crippen molar-refractivity contribution in [2.75, 3.05) is 6.61 Å². The number of hydrogen-bond acceptors (Lipinski definition) is 3. The van der Waals surface area contributed by atoms with E-state index in [1.54, 1.807) is 0 Å². The summed E-state index contributed by atoms with van der Waals surface area (Å²) in [7, 11) is 0. The van der Waals surface area contributed by atoms with Crippen molar-refractivity contribution in [3.8, 4) is 0 Å². The summed E-state index contributed by atoms with van der Waals surface area (Å²) in [6.45, 7) is 4.84. The summed E-state index contributed by atoms with van der Waals surface area (Å²) in [6.07, 6.45) is 5.71. The van der Waals surface area contributed by atoms with Crippen molar-refractivity contribution in [2.45, 2.75) is 57.6 Å². The molecule has 114 valence electrons. The van der Waals surface area contributed by atoms with Gasteiger partial charge in [-0.05, 0) is 44.9 Å². The van der Waals surface area contributed by atoms with Gasteiger partial charge in [-0.3, -0.25) is 0 Å².